The Morgan fingerprint density at radius 3 is 2.44 bits per heavy atom. The second kappa shape index (κ2) is 5.69. The van der Waals surface area contributed by atoms with Gasteiger partial charge < -0.3 is 25.2 Å². The molecule has 0 unspecified atom stereocenters. The fourth-order valence-corrected chi connectivity index (χ4v) is 1.01. The van der Waals surface area contributed by atoms with Crippen molar-refractivity contribution >= 4 is 18.0 Å². The summed E-state index contributed by atoms with van der Waals surface area (Å²) in [6.45, 7) is 0. The Bertz CT molecular complexity index is 492. The molecule has 7 nitrogen and oxygen atoms in total. The number of phenols is 2. The van der Waals surface area contributed by atoms with E-state index in [1.807, 2.05) is 0 Å². The third-order valence-corrected chi connectivity index (χ3v) is 1.85. The normalized spacial score (nSPS) is 12.3. The lowest BCUT2D eigenvalue weighted by atomic mass is 10.2. The minimum absolute atomic E-state index is 0.309. The zero-order chi connectivity index (χ0) is 13.7. The van der Waals surface area contributed by atoms with Gasteiger partial charge in [0, 0.05) is 6.08 Å². The van der Waals surface area contributed by atoms with Gasteiger partial charge in [0.05, 0.1) is 0 Å². The van der Waals surface area contributed by atoms with E-state index in [0.29, 0.717) is 5.56 Å². The van der Waals surface area contributed by atoms with Gasteiger partial charge in [-0.15, -0.1) is 0 Å². The van der Waals surface area contributed by atoms with Crippen LogP contribution in [0.25, 0.3) is 6.08 Å². The van der Waals surface area contributed by atoms with Gasteiger partial charge in [0.25, 0.3) is 6.29 Å². The third kappa shape index (κ3) is 3.80. The second-order valence-electron chi connectivity index (χ2n) is 3.21. The number of aliphatic carboxylic acids is 1. The Hall–Kier alpha value is -2.54. The predicted molar refractivity (Wildman–Crippen MR) is 58.5 cm³/mol. The van der Waals surface area contributed by atoms with E-state index >= 15 is 0 Å². The largest absolute Gasteiger partial charge is 0.504 e. The minimum Gasteiger partial charge on any atom is -0.504 e. The summed E-state index contributed by atoms with van der Waals surface area (Å²) in [6, 6.07) is 3.81. The van der Waals surface area contributed by atoms with Crippen LogP contribution in [0.2, 0.25) is 0 Å². The number of carboxylic acid groups (broad SMARTS) is 1. The van der Waals surface area contributed by atoms with Crippen molar-refractivity contribution in [2.45, 2.75) is 6.29 Å². The first-order chi connectivity index (χ1) is 8.40. The summed E-state index contributed by atoms with van der Waals surface area (Å²) in [5, 5.41) is 35.2. The first kappa shape index (κ1) is 13.5. The number of aromatic hydroxyl groups is 2. The van der Waals surface area contributed by atoms with Crippen molar-refractivity contribution in [3.05, 3.63) is 29.8 Å². The van der Waals surface area contributed by atoms with Crippen molar-refractivity contribution in [3.63, 3.8) is 0 Å². The summed E-state index contributed by atoms with van der Waals surface area (Å²) >= 11 is 0. The Balaban J connectivity index is 2.66. The molecule has 0 fully saturated rings. The van der Waals surface area contributed by atoms with Crippen LogP contribution in [0, 0.1) is 0 Å². The minimum atomic E-state index is -2.23. The fourth-order valence-electron chi connectivity index (χ4n) is 1.01. The number of phenolic OH excluding ortho intramolecular Hbond substituents is 2. The molecule has 0 saturated heterocycles. The summed E-state index contributed by atoms with van der Waals surface area (Å²) in [7, 11) is 0. The van der Waals surface area contributed by atoms with Crippen LogP contribution in [0.3, 0.4) is 0 Å². The van der Waals surface area contributed by atoms with Crippen molar-refractivity contribution in [1.29, 1.82) is 0 Å². The highest BCUT2D eigenvalue weighted by Gasteiger charge is 2.16. The molecule has 7 heteroatoms. The molecule has 0 amide bonds. The maximum Gasteiger partial charge on any atom is 0.373 e. The summed E-state index contributed by atoms with van der Waals surface area (Å²) in [4.78, 5) is 21.2. The lowest BCUT2D eigenvalue weighted by Gasteiger charge is -2.04. The van der Waals surface area contributed by atoms with E-state index in [2.05, 4.69) is 4.74 Å². The lowest BCUT2D eigenvalue weighted by molar-refractivity contribution is -0.183. The van der Waals surface area contributed by atoms with Gasteiger partial charge in [-0.2, -0.15) is 0 Å². The van der Waals surface area contributed by atoms with Crippen molar-refractivity contribution in [2.75, 3.05) is 0 Å². The number of carbonyl (C=O) groups is 2. The molecule has 0 saturated carbocycles. The van der Waals surface area contributed by atoms with E-state index in [9.17, 15) is 9.59 Å². The van der Waals surface area contributed by atoms with Crippen LogP contribution >= 0.6 is 0 Å². The Kier molecular flexibility index (Phi) is 4.27. The number of rotatable bonds is 4. The predicted octanol–water partition coefficient (Wildman–Crippen LogP) is 0.0572. The molecule has 4 N–H and O–H groups in total. The number of benzene rings is 1. The molecule has 96 valence electrons. The summed E-state index contributed by atoms with van der Waals surface area (Å²) in [5.74, 6) is -3.41. The maximum absolute atomic E-state index is 11.0. The van der Waals surface area contributed by atoms with Crippen LogP contribution in [0.5, 0.6) is 11.5 Å². The van der Waals surface area contributed by atoms with Crippen LogP contribution in [0.15, 0.2) is 24.3 Å². The molecular weight excluding hydrogens is 244 g/mol. The summed E-state index contributed by atoms with van der Waals surface area (Å²) in [6.07, 6.45) is -0.135. The number of carboxylic acids is 1. The van der Waals surface area contributed by atoms with E-state index in [4.69, 9.17) is 20.4 Å². The average molecular weight is 254 g/mol. The van der Waals surface area contributed by atoms with Crippen LogP contribution in [-0.4, -0.2) is 38.7 Å². The standard InChI is InChI=1S/C11H10O7/c12-7-3-1-6(5-8(7)13)2-4-9(14)18-11(17)10(15)16/h1-5,11-13,17H,(H,15,16)/t11-/m1/s1. The second-order valence-corrected chi connectivity index (χ2v) is 3.21. The average Bonchev–Trinajstić information content (AvgIpc) is 2.30. The topological polar surface area (TPSA) is 124 Å². The van der Waals surface area contributed by atoms with Crippen LogP contribution in [0.1, 0.15) is 5.56 Å². The molecule has 0 aliphatic rings. The van der Waals surface area contributed by atoms with E-state index in [0.717, 1.165) is 6.08 Å². The number of ether oxygens (including phenoxy) is 1. The number of carbonyl (C=O) groups excluding carboxylic acids is 1. The molecule has 1 rings (SSSR count). The highest BCUT2D eigenvalue weighted by Crippen LogP contribution is 2.25. The zero-order valence-electron chi connectivity index (χ0n) is 8.98. The third-order valence-electron chi connectivity index (χ3n) is 1.85. The molecule has 0 aromatic heterocycles. The zero-order valence-corrected chi connectivity index (χ0v) is 8.98. The summed E-state index contributed by atoms with van der Waals surface area (Å²) in [5.41, 5.74) is 0.382. The fraction of sp³-hybridized carbons (Fsp3) is 0.0909. The van der Waals surface area contributed by atoms with Gasteiger partial charge in [-0.1, -0.05) is 6.07 Å². The Morgan fingerprint density at radius 1 is 1.22 bits per heavy atom. The van der Waals surface area contributed by atoms with E-state index in [1.165, 1.54) is 24.3 Å². The Morgan fingerprint density at radius 2 is 1.89 bits per heavy atom. The van der Waals surface area contributed by atoms with Gasteiger partial charge in [-0.25, -0.2) is 9.59 Å². The number of esters is 1. The Labute approximate surface area is 101 Å². The highest BCUT2D eigenvalue weighted by atomic mass is 16.7. The van der Waals surface area contributed by atoms with Crippen molar-refractivity contribution < 1.29 is 34.8 Å². The molecule has 18 heavy (non-hydrogen) atoms. The number of aliphatic hydroxyl groups excluding tert-OH is 1. The van der Waals surface area contributed by atoms with Gasteiger partial charge >= 0.3 is 11.9 Å². The van der Waals surface area contributed by atoms with Gasteiger partial charge in [0.1, 0.15) is 0 Å². The van der Waals surface area contributed by atoms with Gasteiger partial charge in [0.2, 0.25) is 0 Å². The van der Waals surface area contributed by atoms with Gasteiger partial charge in [-0.05, 0) is 23.8 Å². The number of hydrogen-bond acceptors (Lipinski definition) is 6. The van der Waals surface area contributed by atoms with E-state index < -0.39 is 18.2 Å². The SMILES string of the molecule is O=C(C=Cc1ccc(O)c(O)c1)O[C@@H](O)C(=O)O. The first-order valence-corrected chi connectivity index (χ1v) is 4.71. The molecular formula is C11H10O7. The molecule has 0 spiro atoms. The molecule has 0 radical (unpaired) electrons. The van der Waals surface area contributed by atoms with Crippen LogP contribution < -0.4 is 0 Å². The monoisotopic (exact) mass is 254 g/mol. The van der Waals surface area contributed by atoms with Crippen LogP contribution in [0.4, 0.5) is 0 Å². The number of hydrogen-bond donors (Lipinski definition) is 4. The lowest BCUT2D eigenvalue weighted by Crippen LogP contribution is -2.25. The van der Waals surface area contributed by atoms with Crippen molar-refractivity contribution in [1.82, 2.24) is 0 Å². The highest BCUT2D eigenvalue weighted by molar-refractivity contribution is 5.88. The molecule has 0 aliphatic carbocycles. The molecule has 1 atom stereocenters. The molecule has 0 heterocycles. The molecule has 1 aromatic carbocycles. The van der Waals surface area contributed by atoms with E-state index in [1.54, 1.807) is 0 Å². The maximum atomic E-state index is 11.0. The smallest absolute Gasteiger partial charge is 0.373 e. The van der Waals surface area contributed by atoms with Crippen molar-refractivity contribution in [2.24, 2.45) is 0 Å². The molecule has 0 aliphatic heterocycles. The molecule has 1 aromatic rings. The van der Waals surface area contributed by atoms with E-state index in [-0.39, 0.29) is 11.5 Å². The molecule has 0 bridgehead atoms. The quantitative estimate of drug-likeness (QED) is 0.259. The van der Waals surface area contributed by atoms with Crippen LogP contribution in [-0.2, 0) is 14.3 Å². The summed E-state index contributed by atoms with van der Waals surface area (Å²) < 4.78 is 4.11. The van der Waals surface area contributed by atoms with Gasteiger partial charge in [0.15, 0.2) is 11.5 Å². The van der Waals surface area contributed by atoms with Crippen molar-refractivity contribution in [3.8, 4) is 11.5 Å². The first-order valence-electron chi connectivity index (χ1n) is 4.71. The number of aliphatic hydroxyl groups is 1. The van der Waals surface area contributed by atoms with Gasteiger partial charge in [-0.3, -0.25) is 0 Å².